The quantitative estimate of drug-likeness (QED) is 0.430. The lowest BCUT2D eigenvalue weighted by Gasteiger charge is -2.26. The summed E-state index contributed by atoms with van der Waals surface area (Å²) in [6, 6.07) is 11.5. The molecule has 1 saturated heterocycles. The molecule has 6 nitrogen and oxygen atoms in total. The fraction of sp³-hybridized carbons (Fsp3) is 0.304. The van der Waals surface area contributed by atoms with E-state index in [0.717, 1.165) is 6.54 Å². The highest BCUT2D eigenvalue weighted by Crippen LogP contribution is 2.39. The molecule has 0 saturated carbocycles. The normalized spacial score (nSPS) is 18.3. The summed E-state index contributed by atoms with van der Waals surface area (Å²) in [5, 5.41) is 11.0. The standard InChI is InChI=1S/C23H25FN2O4/c1-25(2)12-5-13-26-20(15-8-10-17(24)11-9-15)19(22(28)23(26)29)21(27)16-6-4-7-18(14-16)30-3/h4,6-11,14,20,27H,5,12-13H2,1-3H3/t20-/m1/s1. The summed E-state index contributed by atoms with van der Waals surface area (Å²) >= 11 is 0. The molecular formula is C23H25FN2O4. The number of aliphatic hydroxyl groups is 1. The van der Waals surface area contributed by atoms with Gasteiger partial charge in [-0.1, -0.05) is 24.3 Å². The van der Waals surface area contributed by atoms with E-state index in [2.05, 4.69) is 0 Å². The maximum atomic E-state index is 13.5. The fourth-order valence-electron chi connectivity index (χ4n) is 3.59. The zero-order chi connectivity index (χ0) is 21.8. The van der Waals surface area contributed by atoms with Crippen molar-refractivity contribution in [3.63, 3.8) is 0 Å². The number of carbonyl (C=O) groups excluding carboxylic acids is 2. The monoisotopic (exact) mass is 412 g/mol. The maximum Gasteiger partial charge on any atom is 0.295 e. The van der Waals surface area contributed by atoms with Gasteiger partial charge in [0.1, 0.15) is 17.3 Å². The summed E-state index contributed by atoms with van der Waals surface area (Å²) < 4.78 is 18.7. The number of amides is 1. The molecule has 1 N–H and O–H groups in total. The van der Waals surface area contributed by atoms with Gasteiger partial charge in [-0.15, -0.1) is 0 Å². The summed E-state index contributed by atoms with van der Waals surface area (Å²) in [5.41, 5.74) is 0.919. The third-order valence-electron chi connectivity index (χ3n) is 5.07. The van der Waals surface area contributed by atoms with Crippen molar-refractivity contribution >= 4 is 17.4 Å². The minimum absolute atomic E-state index is 0.00952. The molecule has 158 valence electrons. The summed E-state index contributed by atoms with van der Waals surface area (Å²) in [4.78, 5) is 29.2. The number of halogens is 1. The molecule has 1 atom stereocenters. The molecule has 1 amide bonds. The minimum atomic E-state index is -0.793. The van der Waals surface area contributed by atoms with Crippen LogP contribution >= 0.6 is 0 Å². The van der Waals surface area contributed by atoms with Crippen molar-refractivity contribution in [3.05, 3.63) is 71.0 Å². The predicted octanol–water partition coefficient (Wildman–Crippen LogP) is 3.21. The molecule has 1 aliphatic heterocycles. The Bertz CT molecular complexity index is 969. The number of ether oxygens (including phenoxy) is 1. The van der Waals surface area contributed by atoms with Crippen molar-refractivity contribution in [2.24, 2.45) is 0 Å². The fourth-order valence-corrected chi connectivity index (χ4v) is 3.59. The van der Waals surface area contributed by atoms with Gasteiger partial charge in [-0.2, -0.15) is 0 Å². The molecule has 2 aromatic carbocycles. The first-order valence-corrected chi connectivity index (χ1v) is 9.66. The van der Waals surface area contributed by atoms with E-state index in [4.69, 9.17) is 4.74 Å². The second kappa shape index (κ2) is 9.09. The minimum Gasteiger partial charge on any atom is -0.507 e. The molecule has 1 fully saturated rings. The van der Waals surface area contributed by atoms with Crippen LogP contribution < -0.4 is 4.74 Å². The van der Waals surface area contributed by atoms with Gasteiger partial charge in [-0.25, -0.2) is 4.39 Å². The van der Waals surface area contributed by atoms with Crippen molar-refractivity contribution in [2.45, 2.75) is 12.5 Å². The molecule has 30 heavy (non-hydrogen) atoms. The molecule has 0 radical (unpaired) electrons. The van der Waals surface area contributed by atoms with Crippen LogP contribution in [0.4, 0.5) is 4.39 Å². The Kier molecular flexibility index (Phi) is 6.52. The molecule has 1 heterocycles. The molecule has 0 unspecified atom stereocenters. The molecule has 0 aliphatic carbocycles. The van der Waals surface area contributed by atoms with Crippen molar-refractivity contribution in [1.29, 1.82) is 0 Å². The number of likely N-dealkylation sites (tertiary alicyclic amines) is 1. The van der Waals surface area contributed by atoms with Gasteiger partial charge in [0.2, 0.25) is 0 Å². The number of ketones is 1. The average molecular weight is 412 g/mol. The maximum absolute atomic E-state index is 13.5. The Morgan fingerprint density at radius 2 is 1.87 bits per heavy atom. The molecule has 1 aliphatic rings. The summed E-state index contributed by atoms with van der Waals surface area (Å²) in [7, 11) is 5.35. The van der Waals surface area contributed by atoms with Crippen LogP contribution in [-0.2, 0) is 9.59 Å². The van der Waals surface area contributed by atoms with E-state index in [0.29, 0.717) is 29.8 Å². The van der Waals surface area contributed by atoms with Gasteiger partial charge in [0.25, 0.3) is 11.7 Å². The topological polar surface area (TPSA) is 70.1 Å². The Labute approximate surface area is 175 Å². The number of hydrogen-bond acceptors (Lipinski definition) is 5. The van der Waals surface area contributed by atoms with E-state index in [1.807, 2.05) is 19.0 Å². The molecule has 0 spiro atoms. The molecule has 7 heteroatoms. The van der Waals surface area contributed by atoms with Crippen molar-refractivity contribution < 1.29 is 23.8 Å². The number of carbonyl (C=O) groups is 2. The molecule has 2 aromatic rings. The van der Waals surface area contributed by atoms with Gasteiger partial charge in [-0.3, -0.25) is 9.59 Å². The van der Waals surface area contributed by atoms with E-state index in [-0.39, 0.29) is 11.3 Å². The molecule has 0 aromatic heterocycles. The number of rotatable bonds is 7. The van der Waals surface area contributed by atoms with Gasteiger partial charge < -0.3 is 19.6 Å². The van der Waals surface area contributed by atoms with Crippen LogP contribution in [0.1, 0.15) is 23.6 Å². The van der Waals surface area contributed by atoms with Gasteiger partial charge in [-0.05, 0) is 56.9 Å². The van der Waals surface area contributed by atoms with E-state index < -0.39 is 23.5 Å². The van der Waals surface area contributed by atoms with Crippen molar-refractivity contribution in [3.8, 4) is 5.75 Å². The van der Waals surface area contributed by atoms with Crippen molar-refractivity contribution in [2.75, 3.05) is 34.3 Å². The lowest BCUT2D eigenvalue weighted by molar-refractivity contribution is -0.139. The third kappa shape index (κ3) is 4.36. The van der Waals surface area contributed by atoms with Crippen LogP contribution in [0.15, 0.2) is 54.1 Å². The highest BCUT2D eigenvalue weighted by atomic mass is 19.1. The Hall–Kier alpha value is -3.19. The van der Waals surface area contributed by atoms with Gasteiger partial charge in [0.15, 0.2) is 0 Å². The van der Waals surface area contributed by atoms with Gasteiger partial charge >= 0.3 is 0 Å². The van der Waals surface area contributed by atoms with Crippen LogP contribution in [0.3, 0.4) is 0 Å². The largest absolute Gasteiger partial charge is 0.507 e. The van der Waals surface area contributed by atoms with Crippen LogP contribution in [0.5, 0.6) is 5.75 Å². The number of nitrogens with zero attached hydrogens (tertiary/aromatic N) is 2. The zero-order valence-electron chi connectivity index (χ0n) is 17.3. The van der Waals surface area contributed by atoms with Crippen LogP contribution in [0.2, 0.25) is 0 Å². The van der Waals surface area contributed by atoms with Gasteiger partial charge in [0.05, 0.1) is 18.7 Å². The highest BCUT2D eigenvalue weighted by Gasteiger charge is 2.45. The van der Waals surface area contributed by atoms with E-state index >= 15 is 0 Å². The summed E-state index contributed by atoms with van der Waals surface area (Å²) in [6.45, 7) is 1.06. The lowest BCUT2D eigenvalue weighted by atomic mass is 9.95. The predicted molar refractivity (Wildman–Crippen MR) is 112 cm³/mol. The Balaban J connectivity index is 2.09. The molecule has 0 bridgehead atoms. The summed E-state index contributed by atoms with van der Waals surface area (Å²) in [6.07, 6.45) is 0.650. The Morgan fingerprint density at radius 1 is 1.17 bits per heavy atom. The van der Waals surface area contributed by atoms with Crippen molar-refractivity contribution in [1.82, 2.24) is 9.80 Å². The van der Waals surface area contributed by atoms with Crippen LogP contribution in [0.25, 0.3) is 5.76 Å². The highest BCUT2D eigenvalue weighted by molar-refractivity contribution is 6.46. The number of aliphatic hydroxyl groups excluding tert-OH is 1. The lowest BCUT2D eigenvalue weighted by Crippen LogP contribution is -2.32. The van der Waals surface area contributed by atoms with E-state index in [1.165, 1.54) is 36.3 Å². The summed E-state index contributed by atoms with van der Waals surface area (Å²) in [5.74, 6) is -1.62. The first kappa shape index (κ1) is 21.5. The smallest absolute Gasteiger partial charge is 0.295 e. The first-order chi connectivity index (χ1) is 14.3. The zero-order valence-corrected chi connectivity index (χ0v) is 17.3. The first-order valence-electron chi connectivity index (χ1n) is 9.66. The number of hydrogen-bond donors (Lipinski definition) is 1. The number of benzene rings is 2. The van der Waals surface area contributed by atoms with Crippen LogP contribution in [0, 0.1) is 5.82 Å². The van der Waals surface area contributed by atoms with Gasteiger partial charge in [0, 0.05) is 12.1 Å². The number of Topliss-reactive ketones (excluding diaryl/α,β-unsaturated/α-hetero) is 1. The SMILES string of the molecule is COc1cccc(C(O)=C2C(=O)C(=O)N(CCCN(C)C)[C@@H]2c2ccc(F)cc2)c1. The second-order valence-electron chi connectivity index (χ2n) is 7.43. The van der Waals surface area contributed by atoms with E-state index in [1.54, 1.807) is 24.3 Å². The third-order valence-corrected chi connectivity index (χ3v) is 5.07. The molecule has 3 rings (SSSR count). The second-order valence-corrected chi connectivity index (χ2v) is 7.43. The van der Waals surface area contributed by atoms with Crippen LogP contribution in [-0.4, -0.2) is 60.9 Å². The number of methoxy groups -OCH3 is 1. The Morgan fingerprint density at radius 3 is 2.50 bits per heavy atom. The van der Waals surface area contributed by atoms with E-state index in [9.17, 15) is 19.1 Å². The average Bonchev–Trinajstić information content (AvgIpc) is 2.98. The molecular weight excluding hydrogens is 387 g/mol.